The third-order valence-electron chi connectivity index (χ3n) is 5.08. The highest BCUT2D eigenvalue weighted by Crippen LogP contribution is 2.32. The zero-order valence-electron chi connectivity index (χ0n) is 14.6. The lowest BCUT2D eigenvalue weighted by molar-refractivity contribution is 0.0973. The van der Waals surface area contributed by atoms with Crippen molar-refractivity contribution in [3.63, 3.8) is 0 Å². The number of thioether (sulfide) groups is 1. The van der Waals surface area contributed by atoms with Crippen LogP contribution in [-0.4, -0.2) is 22.9 Å². The van der Waals surface area contributed by atoms with Crippen LogP contribution in [0.3, 0.4) is 0 Å². The van der Waals surface area contributed by atoms with Gasteiger partial charge in [0.05, 0.1) is 11.2 Å². The Morgan fingerprint density at radius 2 is 1.85 bits per heavy atom. The molecule has 26 heavy (non-hydrogen) atoms. The number of ketones is 2. The summed E-state index contributed by atoms with van der Waals surface area (Å²) >= 11 is 1.73. The highest BCUT2D eigenvalue weighted by atomic mass is 32.2. The molecule has 0 N–H and O–H groups in total. The maximum absolute atomic E-state index is 12.9. The van der Waals surface area contributed by atoms with Crippen LogP contribution < -0.4 is 0 Å². The fourth-order valence-corrected chi connectivity index (χ4v) is 4.18. The summed E-state index contributed by atoms with van der Waals surface area (Å²) in [5, 5.41) is 0. The number of benzene rings is 1. The van der Waals surface area contributed by atoms with E-state index in [2.05, 4.69) is 11.1 Å². The van der Waals surface area contributed by atoms with Crippen LogP contribution >= 0.6 is 11.8 Å². The molecule has 1 heterocycles. The van der Waals surface area contributed by atoms with Crippen molar-refractivity contribution in [3.05, 3.63) is 81.6 Å². The second-order valence-corrected chi connectivity index (χ2v) is 7.60. The van der Waals surface area contributed by atoms with E-state index in [1.807, 2.05) is 23.8 Å². The van der Waals surface area contributed by atoms with Crippen molar-refractivity contribution in [2.24, 2.45) is 4.99 Å². The van der Waals surface area contributed by atoms with Gasteiger partial charge in [-0.2, -0.15) is 0 Å². The van der Waals surface area contributed by atoms with Gasteiger partial charge in [0.1, 0.15) is 0 Å². The Labute approximate surface area is 157 Å². The molecule has 0 amide bonds. The first-order chi connectivity index (χ1) is 12.6. The van der Waals surface area contributed by atoms with E-state index in [0.717, 1.165) is 29.9 Å². The molecule has 2 aliphatic carbocycles. The summed E-state index contributed by atoms with van der Waals surface area (Å²) in [5.41, 5.74) is 7.55. The van der Waals surface area contributed by atoms with Crippen molar-refractivity contribution in [2.45, 2.75) is 26.2 Å². The molecule has 3 nitrogen and oxygen atoms in total. The first kappa shape index (κ1) is 17.0. The van der Waals surface area contributed by atoms with Crippen molar-refractivity contribution in [3.8, 4) is 0 Å². The molecule has 4 heteroatoms. The molecule has 1 aromatic carbocycles. The average molecular weight is 361 g/mol. The lowest BCUT2D eigenvalue weighted by Gasteiger charge is -2.19. The van der Waals surface area contributed by atoms with Crippen LogP contribution in [-0.2, 0) is 0 Å². The molecule has 0 saturated heterocycles. The van der Waals surface area contributed by atoms with Crippen molar-refractivity contribution >= 4 is 28.9 Å². The topological polar surface area (TPSA) is 46.5 Å². The molecule has 0 aromatic heterocycles. The number of hydrogen-bond acceptors (Lipinski definition) is 4. The van der Waals surface area contributed by atoms with Crippen LogP contribution in [0.15, 0.2) is 75.5 Å². The zero-order valence-corrected chi connectivity index (χ0v) is 15.4. The highest BCUT2D eigenvalue weighted by Gasteiger charge is 2.29. The first-order valence-electron chi connectivity index (χ1n) is 8.76. The van der Waals surface area contributed by atoms with Gasteiger partial charge >= 0.3 is 0 Å². The largest absolute Gasteiger partial charge is 0.289 e. The van der Waals surface area contributed by atoms with E-state index in [-0.39, 0.29) is 11.6 Å². The molecule has 0 bridgehead atoms. The molecule has 0 atom stereocenters. The van der Waals surface area contributed by atoms with Gasteiger partial charge in [-0.25, -0.2) is 0 Å². The predicted molar refractivity (Wildman–Crippen MR) is 107 cm³/mol. The molecule has 3 aliphatic rings. The molecule has 1 aromatic rings. The second kappa shape index (κ2) is 7.04. The summed E-state index contributed by atoms with van der Waals surface area (Å²) in [5.74, 6) is 0.983. The fourth-order valence-electron chi connectivity index (χ4n) is 3.52. The quantitative estimate of drug-likeness (QED) is 0.738. The molecular formula is C22H19NO2S. The van der Waals surface area contributed by atoms with Gasteiger partial charge in [-0.3, -0.25) is 14.6 Å². The summed E-state index contributed by atoms with van der Waals surface area (Å²) in [7, 11) is 0. The lowest BCUT2D eigenvalue weighted by atomic mass is 9.82. The van der Waals surface area contributed by atoms with E-state index in [1.165, 1.54) is 5.57 Å². The normalized spacial score (nSPS) is 19.8. The van der Waals surface area contributed by atoms with Gasteiger partial charge in [0.25, 0.3) is 0 Å². The van der Waals surface area contributed by atoms with Gasteiger partial charge in [-0.1, -0.05) is 36.4 Å². The SMILES string of the molecule is CC1=C(CC2=CCC3=C(C=C2)N=CSCC3)C(=O)c2ccccc2C1=O. The maximum atomic E-state index is 12.9. The second-order valence-electron chi connectivity index (χ2n) is 6.64. The number of Topliss-reactive ketones (excluding diaryl/α,β-unsaturated/α-hetero) is 2. The molecule has 1 aliphatic heterocycles. The number of aliphatic imine (C=N–C) groups is 1. The van der Waals surface area contributed by atoms with E-state index in [0.29, 0.717) is 28.7 Å². The summed E-state index contributed by atoms with van der Waals surface area (Å²) < 4.78 is 0. The number of fused-ring (bicyclic) bond motifs is 1. The minimum Gasteiger partial charge on any atom is -0.289 e. The lowest BCUT2D eigenvalue weighted by Crippen LogP contribution is -2.21. The monoisotopic (exact) mass is 361 g/mol. The van der Waals surface area contributed by atoms with E-state index >= 15 is 0 Å². The number of hydrogen-bond donors (Lipinski definition) is 0. The van der Waals surface area contributed by atoms with E-state index in [9.17, 15) is 9.59 Å². The van der Waals surface area contributed by atoms with Crippen molar-refractivity contribution < 1.29 is 9.59 Å². The first-order valence-corrected chi connectivity index (χ1v) is 9.81. The van der Waals surface area contributed by atoms with E-state index in [4.69, 9.17) is 0 Å². The van der Waals surface area contributed by atoms with Gasteiger partial charge in [-0.15, -0.1) is 11.8 Å². The Balaban J connectivity index is 1.63. The van der Waals surface area contributed by atoms with Crippen molar-refractivity contribution in [2.75, 3.05) is 5.75 Å². The Morgan fingerprint density at radius 1 is 1.08 bits per heavy atom. The molecule has 0 unspecified atom stereocenters. The van der Waals surface area contributed by atoms with Crippen molar-refractivity contribution in [1.29, 1.82) is 0 Å². The number of nitrogens with zero attached hydrogens (tertiary/aromatic N) is 1. The smallest absolute Gasteiger partial charge is 0.190 e. The fraction of sp³-hybridized carbons (Fsp3) is 0.227. The average Bonchev–Trinajstić information content (AvgIpc) is 3.00. The summed E-state index contributed by atoms with van der Waals surface area (Å²) in [4.78, 5) is 30.1. The summed E-state index contributed by atoms with van der Waals surface area (Å²) in [6, 6.07) is 7.09. The molecule has 4 rings (SSSR count). The van der Waals surface area contributed by atoms with Crippen LogP contribution in [0.25, 0.3) is 0 Å². The van der Waals surface area contributed by atoms with Gasteiger partial charge in [0.15, 0.2) is 11.6 Å². The Kier molecular flexibility index (Phi) is 4.60. The molecule has 0 fully saturated rings. The zero-order chi connectivity index (χ0) is 18.1. The number of rotatable bonds is 2. The third-order valence-corrected chi connectivity index (χ3v) is 5.78. The van der Waals surface area contributed by atoms with Crippen LogP contribution in [0.1, 0.15) is 46.9 Å². The Hall–Kier alpha value is -2.46. The Morgan fingerprint density at radius 3 is 2.65 bits per heavy atom. The Bertz CT molecular complexity index is 960. The standard InChI is InChI=1S/C22H19NO2S/c1-14-19(22(25)18-5-3-2-4-17(18)21(14)24)12-15-6-8-16-10-11-26-13-23-20(16)9-7-15/h2-7,9,13H,8,10-12H2,1H3. The van der Waals surface area contributed by atoms with E-state index < -0.39 is 0 Å². The molecular weight excluding hydrogens is 342 g/mol. The van der Waals surface area contributed by atoms with Crippen LogP contribution in [0.5, 0.6) is 0 Å². The minimum atomic E-state index is -0.0380. The number of carbonyl (C=O) groups excluding carboxylic acids is 2. The van der Waals surface area contributed by atoms with Gasteiger partial charge < -0.3 is 0 Å². The molecule has 130 valence electrons. The third kappa shape index (κ3) is 3.06. The highest BCUT2D eigenvalue weighted by molar-refractivity contribution is 8.12. The summed E-state index contributed by atoms with van der Waals surface area (Å²) in [6.45, 7) is 1.77. The maximum Gasteiger partial charge on any atom is 0.190 e. The molecule has 0 radical (unpaired) electrons. The number of carbonyl (C=O) groups is 2. The predicted octanol–water partition coefficient (Wildman–Crippen LogP) is 5.08. The minimum absolute atomic E-state index is 0.0276. The van der Waals surface area contributed by atoms with Crippen LogP contribution in [0.2, 0.25) is 0 Å². The molecule has 0 saturated carbocycles. The molecule has 0 spiro atoms. The van der Waals surface area contributed by atoms with Crippen LogP contribution in [0, 0.1) is 0 Å². The van der Waals surface area contributed by atoms with Gasteiger partial charge in [0, 0.05) is 34.4 Å². The van der Waals surface area contributed by atoms with Gasteiger partial charge in [-0.05, 0) is 37.0 Å². The van der Waals surface area contributed by atoms with Crippen molar-refractivity contribution in [1.82, 2.24) is 0 Å². The summed E-state index contributed by atoms with van der Waals surface area (Å²) in [6.07, 6.45) is 8.61. The number of allylic oxidation sites excluding steroid dienone is 7. The van der Waals surface area contributed by atoms with Crippen LogP contribution in [0.4, 0.5) is 0 Å². The van der Waals surface area contributed by atoms with E-state index in [1.54, 1.807) is 36.9 Å². The van der Waals surface area contributed by atoms with Gasteiger partial charge in [0.2, 0.25) is 0 Å².